The fourth-order valence-corrected chi connectivity index (χ4v) is 4.75. The smallest absolute Gasteiger partial charge is 0.327 e. The van der Waals surface area contributed by atoms with E-state index in [1.54, 1.807) is 13.8 Å². The molecule has 4 atom stereocenters. The van der Waals surface area contributed by atoms with E-state index in [1.807, 2.05) is 6.92 Å². The molecule has 0 aromatic carbocycles. The van der Waals surface area contributed by atoms with Crippen molar-refractivity contribution in [1.29, 1.82) is 0 Å². The van der Waals surface area contributed by atoms with Crippen LogP contribution in [0.4, 0.5) is 0 Å². The molecular weight excluding hydrogens is 328 g/mol. The van der Waals surface area contributed by atoms with Gasteiger partial charge in [0.25, 0.3) is 0 Å². The summed E-state index contributed by atoms with van der Waals surface area (Å²) in [6, 6.07) is -1.54. The molecule has 0 aromatic heterocycles. The van der Waals surface area contributed by atoms with Crippen molar-refractivity contribution in [3.8, 4) is 0 Å². The minimum atomic E-state index is -1.02. The molecule has 2 aliphatic heterocycles. The van der Waals surface area contributed by atoms with E-state index >= 15 is 0 Å². The first-order valence-corrected chi connectivity index (χ1v) is 8.69. The second-order valence-corrected chi connectivity index (χ2v) is 8.49. The molecule has 0 spiro atoms. The molecule has 0 saturated carbocycles. The number of nitrogens with zero attached hydrogens (tertiary/aromatic N) is 1. The first kappa shape index (κ1) is 17.4. The molecule has 2 aliphatic rings. The van der Waals surface area contributed by atoms with Gasteiger partial charge < -0.3 is 15.3 Å². The van der Waals surface area contributed by atoms with Gasteiger partial charge in [0, 0.05) is 4.75 Å². The van der Waals surface area contributed by atoms with Gasteiger partial charge in [0.1, 0.15) is 22.8 Å². The normalized spacial score (nSPS) is 30.5. The Morgan fingerprint density at radius 1 is 1.50 bits per heavy atom. The predicted molar refractivity (Wildman–Crippen MR) is 84.8 cm³/mol. The fraction of sp³-hybridized carbons (Fsp3) is 0.786. The molecule has 2 rings (SSSR count). The van der Waals surface area contributed by atoms with E-state index in [-0.39, 0.29) is 17.2 Å². The Kier molecular flexibility index (Phi) is 4.96. The van der Waals surface area contributed by atoms with Crippen LogP contribution < -0.4 is 5.32 Å². The van der Waals surface area contributed by atoms with Crippen LogP contribution in [0.2, 0.25) is 0 Å². The van der Waals surface area contributed by atoms with E-state index in [0.29, 0.717) is 6.42 Å². The molecule has 2 N–H and O–H groups in total. The minimum absolute atomic E-state index is 0.331. The maximum absolute atomic E-state index is 12.2. The lowest BCUT2D eigenvalue weighted by Gasteiger charge is -2.43. The summed E-state index contributed by atoms with van der Waals surface area (Å²) in [5, 5.41) is 11.0. The Hall–Kier alpha value is -0.950. The van der Waals surface area contributed by atoms with E-state index in [1.165, 1.54) is 16.7 Å². The lowest BCUT2D eigenvalue weighted by Crippen LogP contribution is -2.71. The monoisotopic (exact) mass is 348 g/mol. The molecule has 1 unspecified atom stereocenters. The average molecular weight is 349 g/mol. The third-order valence-corrected chi connectivity index (χ3v) is 6.06. The molecule has 2 heterocycles. The number of hydrogen-bond donors (Lipinski definition) is 2. The molecule has 0 radical (unpaired) electrons. The van der Waals surface area contributed by atoms with Gasteiger partial charge in [0.15, 0.2) is 0 Å². The zero-order chi connectivity index (χ0) is 16.7. The number of carboxylic acid groups (broad SMARTS) is 1. The number of β-lactam (4-membered cyclic amide) rings is 1. The van der Waals surface area contributed by atoms with Gasteiger partial charge in [-0.05, 0) is 20.3 Å². The summed E-state index contributed by atoms with van der Waals surface area (Å²) in [6.07, 6.45) is 2.35. The van der Waals surface area contributed by atoms with Gasteiger partial charge in [-0.15, -0.1) is 23.4 Å². The molecule has 0 bridgehead atoms. The second kappa shape index (κ2) is 6.28. The van der Waals surface area contributed by atoms with Gasteiger partial charge in [0.2, 0.25) is 11.8 Å². The number of thioether (sulfide) groups is 1. The molecule has 22 heavy (non-hydrogen) atoms. The van der Waals surface area contributed by atoms with Crippen LogP contribution in [0.15, 0.2) is 0 Å². The largest absolute Gasteiger partial charge is 0.480 e. The highest BCUT2D eigenvalue weighted by molar-refractivity contribution is 8.01. The second-order valence-electron chi connectivity index (χ2n) is 6.19. The highest BCUT2D eigenvalue weighted by Crippen LogP contribution is 2.50. The lowest BCUT2D eigenvalue weighted by atomic mass is 9.96. The van der Waals surface area contributed by atoms with E-state index in [0.717, 1.165) is 12.8 Å². The van der Waals surface area contributed by atoms with E-state index < -0.39 is 28.2 Å². The zero-order valence-electron chi connectivity index (χ0n) is 12.8. The molecule has 124 valence electrons. The van der Waals surface area contributed by atoms with Gasteiger partial charge in [-0.2, -0.15) is 0 Å². The maximum atomic E-state index is 12.2. The van der Waals surface area contributed by atoms with Crippen LogP contribution in [0.25, 0.3) is 0 Å². The van der Waals surface area contributed by atoms with Crippen molar-refractivity contribution in [2.45, 2.75) is 67.6 Å². The number of rotatable bonds is 6. The first-order valence-electron chi connectivity index (χ1n) is 7.38. The van der Waals surface area contributed by atoms with Crippen molar-refractivity contribution in [3.05, 3.63) is 0 Å². The third kappa shape index (κ3) is 2.93. The van der Waals surface area contributed by atoms with Gasteiger partial charge in [-0.25, -0.2) is 4.79 Å². The van der Waals surface area contributed by atoms with Crippen molar-refractivity contribution in [2.24, 2.45) is 0 Å². The molecule has 2 fully saturated rings. The van der Waals surface area contributed by atoms with E-state index in [2.05, 4.69) is 5.32 Å². The molecule has 2 saturated heterocycles. The summed E-state index contributed by atoms with van der Waals surface area (Å²) >= 11 is 7.43. The van der Waals surface area contributed by atoms with Crippen LogP contribution in [-0.4, -0.2) is 55.4 Å². The first-order chi connectivity index (χ1) is 10.2. The number of halogens is 1. The quantitative estimate of drug-likeness (QED) is 0.560. The van der Waals surface area contributed by atoms with Crippen molar-refractivity contribution in [3.63, 3.8) is 0 Å². The van der Waals surface area contributed by atoms with E-state index in [9.17, 15) is 19.5 Å². The average Bonchev–Trinajstić information content (AvgIpc) is 2.70. The number of nitrogens with one attached hydrogen (secondary N) is 1. The number of carboxylic acids is 1. The van der Waals surface area contributed by atoms with Crippen molar-refractivity contribution >= 4 is 41.1 Å². The Labute approximate surface area is 138 Å². The lowest BCUT2D eigenvalue weighted by molar-refractivity contribution is -0.161. The number of alkyl halides is 1. The zero-order valence-corrected chi connectivity index (χ0v) is 14.4. The SMILES string of the molecule is CCCCC(Cl)C(=O)N[C@@H]1C(=O)N2[C@@H]1SC(C)(C)[C@@H]2C(=O)O. The highest BCUT2D eigenvalue weighted by Gasteiger charge is 2.64. The van der Waals surface area contributed by atoms with Crippen LogP contribution in [0.3, 0.4) is 0 Å². The summed E-state index contributed by atoms with van der Waals surface area (Å²) in [4.78, 5) is 37.0. The summed E-state index contributed by atoms with van der Waals surface area (Å²) in [5.41, 5.74) is 0. The van der Waals surface area contributed by atoms with Crippen LogP contribution >= 0.6 is 23.4 Å². The summed E-state index contributed by atoms with van der Waals surface area (Å²) in [6.45, 7) is 5.61. The minimum Gasteiger partial charge on any atom is -0.480 e. The number of fused-ring (bicyclic) bond motifs is 1. The summed E-state index contributed by atoms with van der Waals surface area (Å²) in [7, 11) is 0. The number of aliphatic carboxylic acids is 1. The van der Waals surface area contributed by atoms with Crippen LogP contribution in [0.1, 0.15) is 40.0 Å². The molecule has 0 aliphatic carbocycles. The maximum Gasteiger partial charge on any atom is 0.327 e. The number of carbonyl (C=O) groups excluding carboxylic acids is 2. The number of amides is 2. The molecule has 0 aromatic rings. The standard InChI is InChI=1S/C14H21ClN2O4S/c1-4-5-6-7(15)10(18)16-8-11(19)17-9(13(20)21)14(2,3)22-12(8)17/h7-9,12H,4-6H2,1-3H3,(H,16,18)(H,20,21)/t7?,8-,9+,12-/m1/s1. The molecular formula is C14H21ClN2O4S. The van der Waals surface area contributed by atoms with Gasteiger partial charge in [-0.1, -0.05) is 19.8 Å². The number of unbranched alkanes of at least 4 members (excludes halogenated alkanes) is 1. The van der Waals surface area contributed by atoms with Crippen molar-refractivity contribution < 1.29 is 19.5 Å². The highest BCUT2D eigenvalue weighted by atomic mass is 35.5. The van der Waals surface area contributed by atoms with Crippen LogP contribution in [0, 0.1) is 0 Å². The van der Waals surface area contributed by atoms with Crippen LogP contribution in [-0.2, 0) is 14.4 Å². The van der Waals surface area contributed by atoms with Gasteiger partial charge >= 0.3 is 5.97 Å². The third-order valence-electron chi connectivity index (χ3n) is 4.07. The number of carbonyl (C=O) groups is 3. The Balaban J connectivity index is 2.01. The molecule has 8 heteroatoms. The van der Waals surface area contributed by atoms with Crippen molar-refractivity contribution in [1.82, 2.24) is 10.2 Å². The molecule has 6 nitrogen and oxygen atoms in total. The van der Waals surface area contributed by atoms with Crippen molar-refractivity contribution in [2.75, 3.05) is 0 Å². The summed E-state index contributed by atoms with van der Waals surface area (Å²) in [5.74, 6) is -1.72. The fourth-order valence-electron chi connectivity index (χ4n) is 2.90. The topological polar surface area (TPSA) is 86.7 Å². The number of hydrogen-bond acceptors (Lipinski definition) is 4. The molecule has 2 amide bonds. The Morgan fingerprint density at radius 3 is 2.68 bits per heavy atom. The predicted octanol–water partition coefficient (Wildman–Crippen LogP) is 1.42. The van der Waals surface area contributed by atoms with Gasteiger partial charge in [0.05, 0.1) is 0 Å². The Bertz CT molecular complexity index is 499. The Morgan fingerprint density at radius 2 is 2.14 bits per heavy atom. The van der Waals surface area contributed by atoms with Gasteiger partial charge in [-0.3, -0.25) is 9.59 Å². The summed E-state index contributed by atoms with van der Waals surface area (Å²) < 4.78 is -0.589. The van der Waals surface area contributed by atoms with E-state index in [4.69, 9.17) is 11.6 Å². The van der Waals surface area contributed by atoms with Crippen LogP contribution in [0.5, 0.6) is 0 Å².